The molecule has 5 rings (SSSR count). The van der Waals surface area contributed by atoms with Crippen LogP contribution in [0.5, 0.6) is 5.75 Å². The van der Waals surface area contributed by atoms with Crippen LogP contribution in [0.1, 0.15) is 40.7 Å². The number of anilines is 1. The van der Waals surface area contributed by atoms with Crippen molar-refractivity contribution in [2.45, 2.75) is 38.3 Å². The number of carbonyl (C=O) groups is 2. The fraction of sp³-hybridized carbons (Fsp3) is 0.391. The SMILES string of the molecule is COc1cc(NC(=O)C2(N3Cc4c(Br)cccc4C3=O)CC3CC3C2)ccc1C. The van der Waals surface area contributed by atoms with Gasteiger partial charge in [-0.15, -0.1) is 0 Å². The van der Waals surface area contributed by atoms with Crippen LogP contribution in [-0.2, 0) is 11.3 Å². The Kier molecular flexibility index (Phi) is 4.24. The van der Waals surface area contributed by atoms with E-state index >= 15 is 0 Å². The lowest BCUT2D eigenvalue weighted by atomic mass is 9.89. The number of rotatable bonds is 4. The van der Waals surface area contributed by atoms with Gasteiger partial charge in [0.2, 0.25) is 5.91 Å². The molecule has 0 spiro atoms. The van der Waals surface area contributed by atoms with Gasteiger partial charge >= 0.3 is 0 Å². The number of fused-ring (bicyclic) bond motifs is 2. The molecular formula is C23H23BrN2O3. The van der Waals surface area contributed by atoms with E-state index in [2.05, 4.69) is 21.2 Å². The summed E-state index contributed by atoms with van der Waals surface area (Å²) in [5.41, 5.74) is 2.59. The van der Waals surface area contributed by atoms with Crippen LogP contribution >= 0.6 is 15.9 Å². The number of halogens is 1. The van der Waals surface area contributed by atoms with Gasteiger partial charge in [0.15, 0.2) is 0 Å². The number of carbonyl (C=O) groups excluding carboxylic acids is 2. The summed E-state index contributed by atoms with van der Waals surface area (Å²) in [6.45, 7) is 2.44. The Hall–Kier alpha value is -2.34. The number of benzene rings is 2. The van der Waals surface area contributed by atoms with Gasteiger partial charge in [-0.3, -0.25) is 9.59 Å². The van der Waals surface area contributed by atoms with Crippen LogP contribution in [0.25, 0.3) is 0 Å². The molecule has 6 heteroatoms. The second kappa shape index (κ2) is 6.59. The first-order valence-corrected chi connectivity index (χ1v) is 10.8. The Morgan fingerprint density at radius 2 is 2.00 bits per heavy atom. The smallest absolute Gasteiger partial charge is 0.255 e. The molecule has 5 nitrogen and oxygen atoms in total. The van der Waals surface area contributed by atoms with Crippen molar-refractivity contribution in [3.8, 4) is 5.75 Å². The molecule has 1 aliphatic heterocycles. The van der Waals surface area contributed by atoms with Crippen molar-refractivity contribution in [2.24, 2.45) is 11.8 Å². The summed E-state index contributed by atoms with van der Waals surface area (Å²) in [4.78, 5) is 28.7. The average Bonchev–Trinajstić information content (AvgIpc) is 3.16. The van der Waals surface area contributed by atoms with Crippen molar-refractivity contribution < 1.29 is 14.3 Å². The number of nitrogens with one attached hydrogen (secondary N) is 1. The zero-order valence-corrected chi connectivity index (χ0v) is 18.1. The Balaban J connectivity index is 1.47. The van der Waals surface area contributed by atoms with E-state index in [1.165, 1.54) is 6.42 Å². The number of ether oxygens (including phenoxy) is 1. The van der Waals surface area contributed by atoms with Gasteiger partial charge in [-0.25, -0.2) is 0 Å². The fourth-order valence-corrected chi connectivity index (χ4v) is 5.57. The third-order valence-electron chi connectivity index (χ3n) is 6.78. The highest BCUT2D eigenvalue weighted by Crippen LogP contribution is 2.59. The average molecular weight is 455 g/mol. The normalized spacial score (nSPS) is 26.9. The molecule has 2 unspecified atom stereocenters. The van der Waals surface area contributed by atoms with Crippen molar-refractivity contribution in [1.29, 1.82) is 0 Å². The molecule has 2 aliphatic carbocycles. The zero-order chi connectivity index (χ0) is 20.3. The number of hydrogen-bond donors (Lipinski definition) is 1. The molecular weight excluding hydrogens is 432 g/mol. The van der Waals surface area contributed by atoms with Gasteiger partial charge in [0.05, 0.1) is 7.11 Å². The third-order valence-corrected chi connectivity index (χ3v) is 7.53. The molecule has 0 saturated heterocycles. The van der Waals surface area contributed by atoms with E-state index in [-0.39, 0.29) is 11.8 Å². The topological polar surface area (TPSA) is 58.6 Å². The zero-order valence-electron chi connectivity index (χ0n) is 16.5. The summed E-state index contributed by atoms with van der Waals surface area (Å²) in [6, 6.07) is 11.3. The molecule has 150 valence electrons. The van der Waals surface area contributed by atoms with Crippen LogP contribution in [-0.4, -0.2) is 29.4 Å². The van der Waals surface area contributed by atoms with Crippen molar-refractivity contribution in [3.05, 3.63) is 57.6 Å². The maximum Gasteiger partial charge on any atom is 0.255 e. The largest absolute Gasteiger partial charge is 0.496 e. The fourth-order valence-electron chi connectivity index (χ4n) is 5.08. The van der Waals surface area contributed by atoms with Crippen LogP contribution in [0.2, 0.25) is 0 Å². The second-order valence-corrected chi connectivity index (χ2v) is 9.35. The quantitative estimate of drug-likeness (QED) is 0.737. The first kappa shape index (κ1) is 18.7. The lowest BCUT2D eigenvalue weighted by molar-refractivity contribution is -0.127. The van der Waals surface area contributed by atoms with Gasteiger partial charge in [-0.1, -0.05) is 28.1 Å². The van der Waals surface area contributed by atoms with Gasteiger partial charge in [0.25, 0.3) is 5.91 Å². The molecule has 2 amide bonds. The van der Waals surface area contributed by atoms with E-state index in [0.29, 0.717) is 29.6 Å². The van der Waals surface area contributed by atoms with Gasteiger partial charge in [-0.05, 0) is 67.3 Å². The Morgan fingerprint density at radius 1 is 1.24 bits per heavy atom. The summed E-state index contributed by atoms with van der Waals surface area (Å²) in [6.07, 6.45) is 2.65. The van der Waals surface area contributed by atoms with Crippen LogP contribution < -0.4 is 10.1 Å². The maximum atomic E-state index is 13.6. The van der Waals surface area contributed by atoms with E-state index in [1.807, 2.05) is 48.2 Å². The number of aryl methyl sites for hydroxylation is 1. The van der Waals surface area contributed by atoms with Gasteiger partial charge in [-0.2, -0.15) is 0 Å². The van der Waals surface area contributed by atoms with E-state index in [0.717, 1.165) is 34.2 Å². The van der Waals surface area contributed by atoms with E-state index in [1.54, 1.807) is 7.11 Å². The van der Waals surface area contributed by atoms with E-state index < -0.39 is 5.54 Å². The van der Waals surface area contributed by atoms with Crippen molar-refractivity contribution in [2.75, 3.05) is 12.4 Å². The highest BCUT2D eigenvalue weighted by atomic mass is 79.9. The number of amides is 2. The van der Waals surface area contributed by atoms with E-state index in [9.17, 15) is 9.59 Å². The maximum absolute atomic E-state index is 13.6. The van der Waals surface area contributed by atoms with Crippen LogP contribution in [0.3, 0.4) is 0 Å². The van der Waals surface area contributed by atoms with Crippen LogP contribution in [0.4, 0.5) is 5.69 Å². The molecule has 2 atom stereocenters. The lowest BCUT2D eigenvalue weighted by Crippen LogP contribution is -2.56. The molecule has 0 radical (unpaired) electrons. The summed E-state index contributed by atoms with van der Waals surface area (Å²) in [5, 5.41) is 3.08. The summed E-state index contributed by atoms with van der Waals surface area (Å²) < 4.78 is 6.32. The standard InChI is InChI=1S/C23H23BrN2O3/c1-13-6-7-16(9-20(13)29-2)25-22(28)23(10-14-8-15(14)11-23)26-12-18-17(21(26)27)4-3-5-19(18)24/h3-7,9,14-15H,8,10-12H2,1-2H3,(H,25,28). The van der Waals surface area contributed by atoms with Crippen molar-refractivity contribution in [1.82, 2.24) is 4.90 Å². The van der Waals surface area contributed by atoms with E-state index in [4.69, 9.17) is 4.74 Å². The third kappa shape index (κ3) is 2.88. The highest BCUT2D eigenvalue weighted by Gasteiger charge is 2.62. The first-order valence-electron chi connectivity index (χ1n) is 9.98. The Labute approximate surface area is 178 Å². The molecule has 2 aromatic carbocycles. The minimum atomic E-state index is -0.790. The molecule has 1 heterocycles. The predicted octanol–water partition coefficient (Wildman–Crippen LogP) is 4.53. The molecule has 0 bridgehead atoms. The predicted molar refractivity (Wildman–Crippen MR) is 114 cm³/mol. The molecule has 0 aromatic heterocycles. The lowest BCUT2D eigenvalue weighted by Gasteiger charge is -2.38. The van der Waals surface area contributed by atoms with Crippen molar-refractivity contribution in [3.63, 3.8) is 0 Å². The number of hydrogen-bond acceptors (Lipinski definition) is 3. The van der Waals surface area contributed by atoms with Crippen LogP contribution in [0, 0.1) is 18.8 Å². The summed E-state index contributed by atoms with van der Waals surface area (Å²) in [7, 11) is 1.62. The molecule has 3 aliphatic rings. The first-order chi connectivity index (χ1) is 13.9. The van der Waals surface area contributed by atoms with Gasteiger partial charge in [0, 0.05) is 28.3 Å². The highest BCUT2D eigenvalue weighted by molar-refractivity contribution is 9.10. The molecule has 2 fully saturated rings. The Morgan fingerprint density at radius 3 is 2.69 bits per heavy atom. The summed E-state index contributed by atoms with van der Waals surface area (Å²) >= 11 is 3.57. The minimum Gasteiger partial charge on any atom is -0.496 e. The van der Waals surface area contributed by atoms with Gasteiger partial charge < -0.3 is 15.0 Å². The van der Waals surface area contributed by atoms with Gasteiger partial charge in [0.1, 0.15) is 11.3 Å². The molecule has 29 heavy (non-hydrogen) atoms. The second-order valence-electron chi connectivity index (χ2n) is 8.49. The number of methoxy groups -OCH3 is 1. The Bertz CT molecular complexity index is 1020. The monoisotopic (exact) mass is 454 g/mol. The molecule has 2 saturated carbocycles. The number of nitrogens with zero attached hydrogens (tertiary/aromatic N) is 1. The minimum absolute atomic E-state index is 0.0424. The summed E-state index contributed by atoms with van der Waals surface area (Å²) in [5.74, 6) is 1.70. The van der Waals surface area contributed by atoms with Crippen LogP contribution in [0.15, 0.2) is 40.9 Å². The van der Waals surface area contributed by atoms with Crippen molar-refractivity contribution >= 4 is 33.4 Å². The molecule has 2 aromatic rings. The molecule has 1 N–H and O–H groups in total.